The van der Waals surface area contributed by atoms with Crippen LogP contribution < -0.4 is 5.73 Å². The summed E-state index contributed by atoms with van der Waals surface area (Å²) in [6.45, 7) is 1.89. The molecule has 1 atom stereocenters. The fourth-order valence-electron chi connectivity index (χ4n) is 2.01. The molecule has 0 aliphatic carbocycles. The van der Waals surface area contributed by atoms with E-state index in [-0.39, 0.29) is 5.82 Å². The molecule has 0 spiro atoms. The van der Waals surface area contributed by atoms with Crippen molar-refractivity contribution in [3.63, 3.8) is 0 Å². The number of benzene rings is 2. The molecule has 0 aliphatic rings. The molecule has 19 heavy (non-hydrogen) atoms. The van der Waals surface area contributed by atoms with Crippen LogP contribution in [0.15, 0.2) is 42.5 Å². The molecule has 2 rings (SSSR count). The lowest BCUT2D eigenvalue weighted by Gasteiger charge is -2.26. The summed E-state index contributed by atoms with van der Waals surface area (Å²) in [5.41, 5.74) is 7.41. The zero-order chi connectivity index (χ0) is 14.0. The first-order chi connectivity index (χ1) is 8.88. The topological polar surface area (TPSA) is 26.0 Å². The van der Waals surface area contributed by atoms with Crippen molar-refractivity contribution in [2.75, 3.05) is 0 Å². The van der Waals surface area contributed by atoms with Crippen LogP contribution in [0.25, 0.3) is 0 Å². The molecule has 100 valence electrons. The van der Waals surface area contributed by atoms with Gasteiger partial charge in [0.15, 0.2) is 0 Å². The van der Waals surface area contributed by atoms with Crippen LogP contribution in [-0.2, 0) is 12.0 Å². The Morgan fingerprint density at radius 3 is 2.37 bits per heavy atom. The molecule has 0 fully saturated rings. The number of hydrogen-bond acceptors (Lipinski definition) is 1. The number of rotatable bonds is 3. The van der Waals surface area contributed by atoms with Crippen LogP contribution in [0.4, 0.5) is 4.39 Å². The van der Waals surface area contributed by atoms with E-state index in [9.17, 15) is 4.39 Å². The van der Waals surface area contributed by atoms with Gasteiger partial charge < -0.3 is 5.73 Å². The fraction of sp³-hybridized carbons (Fsp3) is 0.200. The summed E-state index contributed by atoms with van der Waals surface area (Å²) < 4.78 is 12.9. The van der Waals surface area contributed by atoms with Gasteiger partial charge in [0.1, 0.15) is 5.82 Å². The van der Waals surface area contributed by atoms with Crippen LogP contribution >= 0.6 is 23.2 Å². The Balaban J connectivity index is 2.30. The Morgan fingerprint density at radius 2 is 1.74 bits per heavy atom. The van der Waals surface area contributed by atoms with Gasteiger partial charge in [-0.2, -0.15) is 0 Å². The Hall–Kier alpha value is -1.09. The Kier molecular flexibility index (Phi) is 4.14. The standard InChI is InChI=1S/C15H14Cl2FN/c1-15(19,11-2-5-13(18)6-3-11)9-10-8-12(16)4-7-14(10)17/h2-8H,9,19H2,1H3. The van der Waals surface area contributed by atoms with Gasteiger partial charge in [0.05, 0.1) is 0 Å². The molecule has 2 aromatic rings. The molecule has 0 aliphatic heterocycles. The highest BCUT2D eigenvalue weighted by Crippen LogP contribution is 2.28. The van der Waals surface area contributed by atoms with Gasteiger partial charge in [-0.1, -0.05) is 35.3 Å². The van der Waals surface area contributed by atoms with Crippen molar-refractivity contribution in [2.24, 2.45) is 5.73 Å². The van der Waals surface area contributed by atoms with E-state index in [1.807, 2.05) is 6.92 Å². The van der Waals surface area contributed by atoms with Gasteiger partial charge in [-0.3, -0.25) is 0 Å². The SMILES string of the molecule is CC(N)(Cc1cc(Cl)ccc1Cl)c1ccc(F)cc1. The molecule has 2 aromatic carbocycles. The van der Waals surface area contributed by atoms with Crippen LogP contribution in [0.2, 0.25) is 10.0 Å². The van der Waals surface area contributed by atoms with Gasteiger partial charge >= 0.3 is 0 Å². The van der Waals surface area contributed by atoms with Gasteiger partial charge in [-0.25, -0.2) is 4.39 Å². The number of nitrogens with two attached hydrogens (primary N) is 1. The molecule has 0 saturated heterocycles. The predicted octanol–water partition coefficient (Wildman–Crippen LogP) is 4.55. The maximum absolute atomic E-state index is 12.9. The highest BCUT2D eigenvalue weighted by Gasteiger charge is 2.23. The largest absolute Gasteiger partial charge is 0.321 e. The van der Waals surface area contributed by atoms with Gasteiger partial charge in [0.2, 0.25) is 0 Å². The minimum atomic E-state index is -0.637. The van der Waals surface area contributed by atoms with Crippen molar-refractivity contribution in [3.8, 4) is 0 Å². The molecule has 4 heteroatoms. The van der Waals surface area contributed by atoms with E-state index in [0.717, 1.165) is 11.1 Å². The van der Waals surface area contributed by atoms with E-state index in [0.29, 0.717) is 16.5 Å². The molecule has 0 heterocycles. The maximum atomic E-state index is 12.9. The number of halogens is 3. The van der Waals surface area contributed by atoms with Crippen molar-refractivity contribution >= 4 is 23.2 Å². The third kappa shape index (κ3) is 3.47. The average molecular weight is 298 g/mol. The summed E-state index contributed by atoms with van der Waals surface area (Å²) in [5.74, 6) is -0.277. The van der Waals surface area contributed by atoms with E-state index >= 15 is 0 Å². The van der Waals surface area contributed by atoms with Gasteiger partial charge in [-0.05, 0) is 54.8 Å². The first kappa shape index (κ1) is 14.3. The van der Waals surface area contributed by atoms with E-state index in [2.05, 4.69) is 0 Å². The molecular formula is C15H14Cl2FN. The predicted molar refractivity (Wildman–Crippen MR) is 78.1 cm³/mol. The van der Waals surface area contributed by atoms with Gasteiger partial charge in [-0.15, -0.1) is 0 Å². The molecule has 0 saturated carbocycles. The zero-order valence-electron chi connectivity index (χ0n) is 10.5. The fourth-order valence-corrected chi connectivity index (χ4v) is 2.39. The number of hydrogen-bond donors (Lipinski definition) is 1. The lowest BCUT2D eigenvalue weighted by atomic mass is 9.86. The summed E-state index contributed by atoms with van der Waals surface area (Å²) in [6, 6.07) is 11.5. The Labute approximate surface area is 122 Å². The highest BCUT2D eigenvalue weighted by atomic mass is 35.5. The van der Waals surface area contributed by atoms with E-state index < -0.39 is 5.54 Å². The van der Waals surface area contributed by atoms with Crippen molar-refractivity contribution in [1.82, 2.24) is 0 Å². The van der Waals surface area contributed by atoms with Crippen LogP contribution in [0.5, 0.6) is 0 Å². The van der Waals surface area contributed by atoms with Gasteiger partial charge in [0.25, 0.3) is 0 Å². The maximum Gasteiger partial charge on any atom is 0.123 e. The van der Waals surface area contributed by atoms with Crippen molar-refractivity contribution in [2.45, 2.75) is 18.9 Å². The summed E-state index contributed by atoms with van der Waals surface area (Å²) in [5, 5.41) is 1.25. The smallest absolute Gasteiger partial charge is 0.123 e. The third-order valence-electron chi connectivity index (χ3n) is 3.07. The first-order valence-electron chi connectivity index (χ1n) is 5.87. The normalized spacial score (nSPS) is 14.2. The average Bonchev–Trinajstić information content (AvgIpc) is 2.34. The van der Waals surface area contributed by atoms with Crippen molar-refractivity contribution in [3.05, 3.63) is 69.5 Å². The molecule has 0 bridgehead atoms. The zero-order valence-corrected chi connectivity index (χ0v) is 12.0. The summed E-state index contributed by atoms with van der Waals surface area (Å²) in [4.78, 5) is 0. The Bertz CT molecular complexity index is 579. The first-order valence-corrected chi connectivity index (χ1v) is 6.63. The van der Waals surface area contributed by atoms with E-state index in [1.54, 1.807) is 30.3 Å². The lowest BCUT2D eigenvalue weighted by molar-refractivity contribution is 0.490. The molecule has 1 nitrogen and oxygen atoms in total. The molecule has 0 radical (unpaired) electrons. The Morgan fingerprint density at radius 1 is 1.11 bits per heavy atom. The molecule has 1 unspecified atom stereocenters. The minimum Gasteiger partial charge on any atom is -0.321 e. The van der Waals surface area contributed by atoms with Crippen LogP contribution in [0.3, 0.4) is 0 Å². The lowest BCUT2D eigenvalue weighted by Crippen LogP contribution is -2.35. The van der Waals surface area contributed by atoms with Crippen LogP contribution in [0, 0.1) is 5.82 Å². The van der Waals surface area contributed by atoms with E-state index in [1.165, 1.54) is 12.1 Å². The second-order valence-electron chi connectivity index (χ2n) is 4.84. The second kappa shape index (κ2) is 5.49. The quantitative estimate of drug-likeness (QED) is 0.884. The molecule has 2 N–H and O–H groups in total. The third-order valence-corrected chi connectivity index (χ3v) is 3.67. The second-order valence-corrected chi connectivity index (χ2v) is 5.68. The van der Waals surface area contributed by atoms with Crippen LogP contribution in [0.1, 0.15) is 18.1 Å². The minimum absolute atomic E-state index is 0.277. The summed E-state index contributed by atoms with van der Waals surface area (Å²) in [6.07, 6.45) is 0.526. The monoisotopic (exact) mass is 297 g/mol. The van der Waals surface area contributed by atoms with Crippen molar-refractivity contribution in [1.29, 1.82) is 0 Å². The molecular weight excluding hydrogens is 284 g/mol. The van der Waals surface area contributed by atoms with E-state index in [4.69, 9.17) is 28.9 Å². The van der Waals surface area contributed by atoms with Gasteiger partial charge in [0, 0.05) is 15.6 Å². The highest BCUT2D eigenvalue weighted by molar-refractivity contribution is 6.33. The summed E-state index contributed by atoms with van der Waals surface area (Å²) in [7, 11) is 0. The summed E-state index contributed by atoms with van der Waals surface area (Å²) >= 11 is 12.1. The van der Waals surface area contributed by atoms with Crippen molar-refractivity contribution < 1.29 is 4.39 Å². The molecule has 0 amide bonds. The molecule has 0 aromatic heterocycles. The van der Waals surface area contributed by atoms with Crippen LogP contribution in [-0.4, -0.2) is 0 Å².